The van der Waals surface area contributed by atoms with E-state index in [1.54, 1.807) is 18.2 Å². The monoisotopic (exact) mass is 455 g/mol. The van der Waals surface area contributed by atoms with E-state index in [0.29, 0.717) is 30.6 Å². The zero-order chi connectivity index (χ0) is 23.6. The van der Waals surface area contributed by atoms with Crippen LogP contribution in [0.1, 0.15) is 56.7 Å². The molecule has 2 saturated heterocycles. The van der Waals surface area contributed by atoms with Gasteiger partial charge in [-0.3, -0.25) is 24.5 Å². The molecule has 0 saturated carbocycles. The molecule has 6 rings (SSSR count). The van der Waals surface area contributed by atoms with Crippen LogP contribution in [-0.2, 0) is 16.1 Å². The van der Waals surface area contributed by atoms with Gasteiger partial charge < -0.3 is 9.80 Å². The molecular weight excluding hydrogens is 430 g/mol. The van der Waals surface area contributed by atoms with E-state index in [9.17, 15) is 19.2 Å². The lowest BCUT2D eigenvalue weighted by Crippen LogP contribution is -2.60. The van der Waals surface area contributed by atoms with Gasteiger partial charge in [0.05, 0.1) is 0 Å². The van der Waals surface area contributed by atoms with Crippen molar-refractivity contribution < 1.29 is 19.2 Å². The van der Waals surface area contributed by atoms with Crippen molar-refractivity contribution in [3.8, 4) is 0 Å². The molecule has 2 fully saturated rings. The Labute approximate surface area is 197 Å². The Kier molecular flexibility index (Phi) is 4.52. The minimum atomic E-state index is -0.653. The van der Waals surface area contributed by atoms with Gasteiger partial charge in [-0.15, -0.1) is 0 Å². The Morgan fingerprint density at radius 2 is 1.79 bits per heavy atom. The number of rotatable bonds is 3. The van der Waals surface area contributed by atoms with Gasteiger partial charge in [-0.1, -0.05) is 35.9 Å². The predicted octanol–water partition coefficient (Wildman–Crippen LogP) is 2.69. The van der Waals surface area contributed by atoms with Gasteiger partial charge in [0.1, 0.15) is 6.04 Å². The van der Waals surface area contributed by atoms with Crippen molar-refractivity contribution >= 4 is 29.2 Å². The van der Waals surface area contributed by atoms with E-state index in [1.165, 1.54) is 21.6 Å². The minimum absolute atomic E-state index is 0.0301. The number of piperidine rings is 1. The van der Waals surface area contributed by atoms with Crippen LogP contribution in [0.15, 0.2) is 48.5 Å². The van der Waals surface area contributed by atoms with Gasteiger partial charge in [-0.25, -0.2) is 0 Å². The number of hydrogen-bond donors (Lipinski definition) is 1. The number of nitrogens with one attached hydrogen (secondary N) is 1. The zero-order valence-corrected chi connectivity index (χ0v) is 19.0. The second-order valence-corrected chi connectivity index (χ2v) is 10.0. The number of amides is 4. The molecule has 1 aliphatic carbocycles. The summed E-state index contributed by atoms with van der Waals surface area (Å²) in [6.07, 6.45) is 3.83. The van der Waals surface area contributed by atoms with Gasteiger partial charge in [0.25, 0.3) is 11.8 Å². The van der Waals surface area contributed by atoms with E-state index < -0.39 is 11.9 Å². The van der Waals surface area contributed by atoms with Crippen molar-refractivity contribution in [2.24, 2.45) is 5.41 Å². The summed E-state index contributed by atoms with van der Waals surface area (Å²) in [4.78, 5) is 53.0. The summed E-state index contributed by atoms with van der Waals surface area (Å²) in [5.41, 5.74) is 5.77. The first kappa shape index (κ1) is 20.8. The molecule has 3 aliphatic heterocycles. The standard InChI is InChI=1S/C27H25N3O4/c1-16-2-4-17(5-3-16)20-11-27(12-20)14-29(15-27)25(33)18-6-7-21-19(10-18)13-30(26(21)34)22-8-9-23(31)28-24(22)32/h2-7,10-11,22H,8-9,12-15H2,1H3,(H,28,31,32). The molecular formula is C27H25N3O4. The van der Waals surface area contributed by atoms with Crippen LogP contribution in [0, 0.1) is 12.3 Å². The SMILES string of the molecule is Cc1ccc(C2=CC3(C2)CN(C(=O)c2ccc4c(c2)CN(C2CCC(=O)NC2=O)C4=O)C3)cc1. The quantitative estimate of drug-likeness (QED) is 0.721. The maximum absolute atomic E-state index is 13.1. The second kappa shape index (κ2) is 7.38. The highest BCUT2D eigenvalue weighted by molar-refractivity contribution is 6.06. The maximum Gasteiger partial charge on any atom is 0.255 e. The maximum atomic E-state index is 13.1. The number of carbonyl (C=O) groups is 4. The van der Waals surface area contributed by atoms with E-state index >= 15 is 0 Å². The summed E-state index contributed by atoms with van der Waals surface area (Å²) < 4.78 is 0. The molecule has 0 bridgehead atoms. The zero-order valence-electron chi connectivity index (χ0n) is 19.0. The summed E-state index contributed by atoms with van der Waals surface area (Å²) in [6, 6.07) is 13.1. The molecule has 172 valence electrons. The molecule has 2 aromatic carbocycles. The molecule has 0 aromatic heterocycles. The Balaban J connectivity index is 1.12. The lowest BCUT2D eigenvalue weighted by atomic mass is 9.64. The number of carbonyl (C=O) groups excluding carboxylic acids is 4. The second-order valence-electron chi connectivity index (χ2n) is 10.0. The molecule has 7 heteroatoms. The van der Waals surface area contributed by atoms with Crippen LogP contribution in [0.5, 0.6) is 0 Å². The molecule has 0 radical (unpaired) electrons. The van der Waals surface area contributed by atoms with Crippen molar-refractivity contribution in [1.29, 1.82) is 0 Å². The third kappa shape index (κ3) is 3.26. The predicted molar refractivity (Wildman–Crippen MR) is 125 cm³/mol. The van der Waals surface area contributed by atoms with Crippen LogP contribution in [0.3, 0.4) is 0 Å². The number of hydrogen-bond acceptors (Lipinski definition) is 4. The van der Waals surface area contributed by atoms with Crippen molar-refractivity contribution in [1.82, 2.24) is 15.1 Å². The molecule has 1 spiro atoms. The lowest BCUT2D eigenvalue weighted by Gasteiger charge is -2.54. The number of fused-ring (bicyclic) bond motifs is 1. The Morgan fingerprint density at radius 3 is 2.50 bits per heavy atom. The van der Waals surface area contributed by atoms with Gasteiger partial charge in [-0.05, 0) is 54.7 Å². The molecule has 1 atom stereocenters. The average molecular weight is 456 g/mol. The Bertz CT molecular complexity index is 1290. The summed E-state index contributed by atoms with van der Waals surface area (Å²) in [5, 5.41) is 2.31. The fourth-order valence-electron chi connectivity index (χ4n) is 5.62. The lowest BCUT2D eigenvalue weighted by molar-refractivity contribution is -0.136. The largest absolute Gasteiger partial charge is 0.337 e. The Morgan fingerprint density at radius 1 is 1.06 bits per heavy atom. The summed E-state index contributed by atoms with van der Waals surface area (Å²) in [5.74, 6) is -0.997. The number of benzene rings is 2. The van der Waals surface area contributed by atoms with Crippen LogP contribution in [0.25, 0.3) is 5.57 Å². The molecule has 34 heavy (non-hydrogen) atoms. The van der Waals surface area contributed by atoms with Crippen molar-refractivity contribution in [3.05, 3.63) is 76.4 Å². The number of imide groups is 1. The van der Waals surface area contributed by atoms with Gasteiger partial charge >= 0.3 is 0 Å². The van der Waals surface area contributed by atoms with E-state index in [2.05, 4.69) is 42.6 Å². The van der Waals surface area contributed by atoms with Crippen molar-refractivity contribution in [3.63, 3.8) is 0 Å². The van der Waals surface area contributed by atoms with Crippen LogP contribution in [0.4, 0.5) is 0 Å². The third-order valence-corrected chi connectivity index (χ3v) is 7.51. The van der Waals surface area contributed by atoms with Gasteiger partial charge in [-0.2, -0.15) is 0 Å². The fourth-order valence-corrected chi connectivity index (χ4v) is 5.62. The van der Waals surface area contributed by atoms with Crippen LogP contribution in [-0.4, -0.2) is 52.6 Å². The first-order valence-corrected chi connectivity index (χ1v) is 11.7. The highest BCUT2D eigenvalue weighted by Gasteiger charge is 2.49. The molecule has 4 aliphatic rings. The molecule has 2 aromatic rings. The third-order valence-electron chi connectivity index (χ3n) is 7.51. The number of aryl methyl sites for hydroxylation is 1. The number of likely N-dealkylation sites (tertiary alicyclic amines) is 1. The van der Waals surface area contributed by atoms with Gasteiger partial charge in [0.2, 0.25) is 11.8 Å². The first-order chi connectivity index (χ1) is 16.3. The van der Waals surface area contributed by atoms with E-state index in [1.807, 2.05) is 4.90 Å². The summed E-state index contributed by atoms with van der Waals surface area (Å²) >= 11 is 0. The topological polar surface area (TPSA) is 86.8 Å². The minimum Gasteiger partial charge on any atom is -0.337 e. The van der Waals surface area contributed by atoms with Crippen molar-refractivity contribution in [2.75, 3.05) is 13.1 Å². The van der Waals surface area contributed by atoms with E-state index in [0.717, 1.165) is 12.0 Å². The fraction of sp³-hybridized carbons (Fsp3) is 0.333. The number of allylic oxidation sites excluding steroid dienone is 1. The molecule has 3 heterocycles. The van der Waals surface area contributed by atoms with Crippen LogP contribution >= 0.6 is 0 Å². The van der Waals surface area contributed by atoms with Crippen molar-refractivity contribution in [2.45, 2.75) is 38.8 Å². The first-order valence-electron chi connectivity index (χ1n) is 11.7. The van der Waals surface area contributed by atoms with E-state index in [4.69, 9.17) is 0 Å². The normalized spacial score (nSPS) is 22.7. The smallest absolute Gasteiger partial charge is 0.255 e. The van der Waals surface area contributed by atoms with E-state index in [-0.39, 0.29) is 36.1 Å². The average Bonchev–Trinajstić information content (AvgIpc) is 3.08. The molecule has 1 N–H and O–H groups in total. The summed E-state index contributed by atoms with van der Waals surface area (Å²) in [6.45, 7) is 3.77. The molecule has 7 nitrogen and oxygen atoms in total. The van der Waals surface area contributed by atoms with Gasteiger partial charge in [0, 0.05) is 42.6 Å². The number of nitrogens with zero attached hydrogens (tertiary/aromatic N) is 2. The Hall–Kier alpha value is -3.74. The summed E-state index contributed by atoms with van der Waals surface area (Å²) in [7, 11) is 0. The van der Waals surface area contributed by atoms with Crippen LogP contribution in [0.2, 0.25) is 0 Å². The molecule has 1 unspecified atom stereocenters. The van der Waals surface area contributed by atoms with Gasteiger partial charge in [0.15, 0.2) is 0 Å². The highest BCUT2D eigenvalue weighted by atomic mass is 16.2. The van der Waals surface area contributed by atoms with Crippen LogP contribution < -0.4 is 5.32 Å². The highest BCUT2D eigenvalue weighted by Crippen LogP contribution is 2.50. The molecule has 4 amide bonds.